The Labute approximate surface area is 343 Å². The Morgan fingerprint density at radius 2 is 0.897 bits per heavy atom. The molecule has 2 nitrogen and oxygen atoms in total. The minimum absolute atomic E-state index is 0.544. The van der Waals surface area contributed by atoms with Gasteiger partial charge in [-0.25, -0.2) is 0 Å². The quantitative estimate of drug-likeness (QED) is 0.173. The lowest BCUT2D eigenvalue weighted by Crippen LogP contribution is -2.28. The van der Waals surface area contributed by atoms with Gasteiger partial charge in [-0.3, -0.25) is 0 Å². The van der Waals surface area contributed by atoms with Gasteiger partial charge in [0.1, 0.15) is 0 Å². The zero-order chi connectivity index (χ0) is 38.2. The van der Waals surface area contributed by atoms with Crippen LogP contribution in [-0.2, 0) is 5.41 Å². The highest BCUT2D eigenvalue weighted by Gasteiger charge is 2.53. The van der Waals surface area contributed by atoms with Crippen LogP contribution in [0.1, 0.15) is 22.3 Å². The van der Waals surface area contributed by atoms with E-state index in [4.69, 9.17) is 0 Å². The molecular formula is C55H36N2S. The first-order valence-electron chi connectivity index (χ1n) is 19.9. The zero-order valence-corrected chi connectivity index (χ0v) is 32.4. The first kappa shape index (κ1) is 33.1. The molecule has 9 aromatic rings. The molecule has 1 heterocycles. The fraction of sp³-hybridized carbons (Fsp3) is 0.0182. The standard InChI is InChI=1S/C55H36N2S/c1-3-16-37(17-4-1)38-30-32-40(33-31-38)56(39-18-5-2-6-19-39)51-27-15-22-44-42-20-7-9-23-46(42)55(54(44)51)47-24-10-8-21-43(47)45-36-41(34-35-48(45)55)57-49-25-11-13-28-52(49)58-53-29-14-12-26-50(53)57/h1-36H. The molecule has 1 unspecified atom stereocenters. The fourth-order valence-electron chi connectivity index (χ4n) is 9.92. The molecule has 0 amide bonds. The van der Waals surface area contributed by atoms with Gasteiger partial charge in [-0.2, -0.15) is 0 Å². The lowest BCUT2D eigenvalue weighted by Gasteiger charge is -2.36. The average molecular weight is 757 g/mol. The molecule has 3 heteroatoms. The number of hydrogen-bond donors (Lipinski definition) is 0. The van der Waals surface area contributed by atoms with Crippen LogP contribution in [0.4, 0.5) is 34.1 Å². The molecule has 2 aliphatic carbocycles. The summed E-state index contributed by atoms with van der Waals surface area (Å²) >= 11 is 1.85. The van der Waals surface area contributed by atoms with Crippen LogP contribution < -0.4 is 9.80 Å². The van der Waals surface area contributed by atoms with Gasteiger partial charge in [0.2, 0.25) is 0 Å². The van der Waals surface area contributed by atoms with E-state index in [9.17, 15) is 0 Å². The van der Waals surface area contributed by atoms with Crippen molar-refractivity contribution >= 4 is 45.9 Å². The van der Waals surface area contributed by atoms with Crippen LogP contribution in [0.3, 0.4) is 0 Å². The summed E-state index contributed by atoms with van der Waals surface area (Å²) in [7, 11) is 0. The van der Waals surface area contributed by atoms with E-state index in [1.165, 1.54) is 82.5 Å². The van der Waals surface area contributed by atoms with Gasteiger partial charge in [-0.1, -0.05) is 163 Å². The van der Waals surface area contributed by atoms with Gasteiger partial charge in [0.25, 0.3) is 0 Å². The molecule has 1 spiro atoms. The van der Waals surface area contributed by atoms with Crippen molar-refractivity contribution in [3.05, 3.63) is 241 Å². The molecule has 0 bridgehead atoms. The summed E-state index contributed by atoms with van der Waals surface area (Å²) in [6, 6.07) is 80.5. The highest BCUT2D eigenvalue weighted by atomic mass is 32.2. The lowest BCUT2D eigenvalue weighted by atomic mass is 9.70. The van der Waals surface area contributed by atoms with Crippen LogP contribution in [0.5, 0.6) is 0 Å². The van der Waals surface area contributed by atoms with E-state index in [0.717, 1.165) is 17.1 Å². The van der Waals surface area contributed by atoms with Gasteiger partial charge in [0.15, 0.2) is 0 Å². The van der Waals surface area contributed by atoms with E-state index in [0.29, 0.717) is 0 Å². The number of benzene rings is 9. The van der Waals surface area contributed by atoms with Crippen LogP contribution in [0.15, 0.2) is 228 Å². The van der Waals surface area contributed by atoms with Gasteiger partial charge in [0.05, 0.1) is 22.5 Å². The third-order valence-corrected chi connectivity index (χ3v) is 13.4. The van der Waals surface area contributed by atoms with Gasteiger partial charge >= 0.3 is 0 Å². The molecule has 3 aliphatic rings. The first-order chi connectivity index (χ1) is 28.8. The third kappa shape index (κ3) is 4.74. The molecule has 0 saturated heterocycles. The molecule has 0 saturated carbocycles. The number of anilines is 6. The average Bonchev–Trinajstić information content (AvgIpc) is 3.76. The predicted octanol–water partition coefficient (Wildman–Crippen LogP) is 15.1. The maximum Gasteiger partial charge on any atom is 0.0746 e. The number of rotatable bonds is 5. The van der Waals surface area contributed by atoms with Crippen LogP contribution in [0.2, 0.25) is 0 Å². The largest absolute Gasteiger partial charge is 0.310 e. The smallest absolute Gasteiger partial charge is 0.0746 e. The van der Waals surface area contributed by atoms with E-state index in [1.54, 1.807) is 0 Å². The lowest BCUT2D eigenvalue weighted by molar-refractivity contribution is 0.793. The van der Waals surface area contributed by atoms with Crippen molar-refractivity contribution in [2.75, 3.05) is 9.80 Å². The molecule has 12 rings (SSSR count). The third-order valence-electron chi connectivity index (χ3n) is 12.2. The maximum absolute atomic E-state index is 2.47. The Hall–Kier alpha value is -7.07. The Morgan fingerprint density at radius 3 is 1.59 bits per heavy atom. The van der Waals surface area contributed by atoms with Crippen LogP contribution in [0, 0.1) is 0 Å². The topological polar surface area (TPSA) is 6.48 Å². The van der Waals surface area contributed by atoms with Gasteiger partial charge in [-0.15, -0.1) is 0 Å². The van der Waals surface area contributed by atoms with Crippen LogP contribution >= 0.6 is 11.8 Å². The van der Waals surface area contributed by atoms with E-state index in [1.807, 2.05) is 11.8 Å². The van der Waals surface area contributed by atoms with Crippen LogP contribution in [0.25, 0.3) is 33.4 Å². The van der Waals surface area contributed by atoms with Crippen molar-refractivity contribution in [2.45, 2.75) is 15.2 Å². The molecule has 0 N–H and O–H groups in total. The number of hydrogen-bond acceptors (Lipinski definition) is 3. The summed E-state index contributed by atoms with van der Waals surface area (Å²) < 4.78 is 0. The van der Waals surface area contributed by atoms with Crippen molar-refractivity contribution in [1.29, 1.82) is 0 Å². The second kappa shape index (κ2) is 13.0. The van der Waals surface area contributed by atoms with Gasteiger partial charge in [0, 0.05) is 32.4 Å². The zero-order valence-electron chi connectivity index (χ0n) is 31.6. The number of fused-ring (bicyclic) bond motifs is 12. The van der Waals surface area contributed by atoms with Gasteiger partial charge in [-0.05, 0) is 117 Å². The summed E-state index contributed by atoms with van der Waals surface area (Å²) in [6.45, 7) is 0. The maximum atomic E-state index is 2.47. The van der Waals surface area contributed by atoms with Crippen molar-refractivity contribution in [1.82, 2.24) is 0 Å². The Morgan fingerprint density at radius 1 is 0.379 bits per heavy atom. The van der Waals surface area contributed by atoms with E-state index >= 15 is 0 Å². The molecule has 9 aromatic carbocycles. The van der Waals surface area contributed by atoms with Crippen molar-refractivity contribution in [3.63, 3.8) is 0 Å². The Bertz CT molecular complexity index is 3000. The highest BCUT2D eigenvalue weighted by Crippen LogP contribution is 2.66. The van der Waals surface area contributed by atoms with Crippen LogP contribution in [-0.4, -0.2) is 0 Å². The number of para-hydroxylation sites is 3. The second-order valence-electron chi connectivity index (χ2n) is 15.2. The number of nitrogens with zero attached hydrogens (tertiary/aromatic N) is 2. The summed E-state index contributed by atoms with van der Waals surface area (Å²) in [6.07, 6.45) is 0. The molecular weight excluding hydrogens is 721 g/mol. The first-order valence-corrected chi connectivity index (χ1v) is 20.8. The van der Waals surface area contributed by atoms with E-state index in [2.05, 4.69) is 228 Å². The minimum Gasteiger partial charge on any atom is -0.310 e. The molecule has 0 fully saturated rings. The minimum atomic E-state index is -0.544. The highest BCUT2D eigenvalue weighted by molar-refractivity contribution is 7.99. The second-order valence-corrected chi connectivity index (χ2v) is 16.3. The molecule has 1 aliphatic heterocycles. The SMILES string of the molecule is c1ccc(-c2ccc(N(c3ccccc3)c3cccc4c3C3(c5ccccc5-c5cc(N6c7ccccc7Sc7ccccc76)ccc53)c3ccccc3-4)cc2)cc1. The normalized spacial score (nSPS) is 15.2. The molecule has 272 valence electrons. The molecule has 1 atom stereocenters. The summed E-state index contributed by atoms with van der Waals surface area (Å²) in [5, 5.41) is 0. The van der Waals surface area contributed by atoms with E-state index < -0.39 is 5.41 Å². The monoisotopic (exact) mass is 756 g/mol. The summed E-state index contributed by atoms with van der Waals surface area (Å²) in [4.78, 5) is 7.45. The Kier molecular flexibility index (Phi) is 7.41. The fourth-order valence-corrected chi connectivity index (χ4v) is 11.0. The summed E-state index contributed by atoms with van der Waals surface area (Å²) in [5.41, 5.74) is 19.3. The molecule has 0 aromatic heterocycles. The summed E-state index contributed by atoms with van der Waals surface area (Å²) in [5.74, 6) is 0. The van der Waals surface area contributed by atoms with Crippen molar-refractivity contribution in [3.8, 4) is 33.4 Å². The molecule has 58 heavy (non-hydrogen) atoms. The van der Waals surface area contributed by atoms with E-state index in [-0.39, 0.29) is 0 Å². The van der Waals surface area contributed by atoms with Crippen molar-refractivity contribution < 1.29 is 0 Å². The van der Waals surface area contributed by atoms with Gasteiger partial charge < -0.3 is 9.80 Å². The van der Waals surface area contributed by atoms with Crippen molar-refractivity contribution in [2.24, 2.45) is 0 Å². The predicted molar refractivity (Wildman–Crippen MR) is 242 cm³/mol. The Balaban J connectivity index is 1.11. The molecule has 0 radical (unpaired) electrons.